The number of aliphatic hydroxyl groups excluding tert-OH is 1. The van der Waals surface area contributed by atoms with E-state index in [1.807, 2.05) is 0 Å². The van der Waals surface area contributed by atoms with Crippen LogP contribution in [0.2, 0.25) is 5.02 Å². The predicted molar refractivity (Wildman–Crippen MR) is 142 cm³/mol. The van der Waals surface area contributed by atoms with Crippen LogP contribution in [0.1, 0.15) is 32.1 Å². The van der Waals surface area contributed by atoms with Crippen molar-refractivity contribution in [2.45, 2.75) is 48.1 Å². The molecule has 1 aromatic rings. The number of benzene rings is 1. The number of amides is 2. The number of esters is 1. The summed E-state index contributed by atoms with van der Waals surface area (Å²) >= 11 is 7.69. The Morgan fingerprint density at radius 3 is 2.67 bits per heavy atom. The van der Waals surface area contributed by atoms with Gasteiger partial charge in [-0.1, -0.05) is 23.8 Å². The number of anilines is 1. The molecule has 3 aliphatic heterocycles. The molecule has 5 atom stereocenters. The molecular weight excluding hydrogens is 500 g/mol. The van der Waals surface area contributed by atoms with Crippen molar-refractivity contribution in [3.63, 3.8) is 0 Å². The molecule has 4 rings (SSSR count). The molecule has 0 aromatic heterocycles. The molecule has 7 nitrogen and oxygen atoms in total. The van der Waals surface area contributed by atoms with Crippen molar-refractivity contribution in [2.24, 2.45) is 11.8 Å². The van der Waals surface area contributed by atoms with Crippen LogP contribution in [0.4, 0.5) is 5.69 Å². The van der Waals surface area contributed by atoms with Gasteiger partial charge >= 0.3 is 5.97 Å². The van der Waals surface area contributed by atoms with Gasteiger partial charge in [-0.25, -0.2) is 0 Å². The summed E-state index contributed by atoms with van der Waals surface area (Å²) < 4.78 is 4.83. The normalized spacial score (nSPS) is 28.2. The van der Waals surface area contributed by atoms with E-state index in [-0.39, 0.29) is 42.8 Å². The van der Waals surface area contributed by atoms with Crippen LogP contribution < -0.4 is 4.90 Å². The molecule has 2 unspecified atom stereocenters. The van der Waals surface area contributed by atoms with Crippen LogP contribution in [-0.4, -0.2) is 70.1 Å². The number of thioether (sulfide) groups is 1. The highest BCUT2D eigenvalue weighted by molar-refractivity contribution is 8.02. The molecule has 3 aliphatic rings. The van der Waals surface area contributed by atoms with Gasteiger partial charge in [-0.15, -0.1) is 24.9 Å². The Morgan fingerprint density at radius 2 is 2.00 bits per heavy atom. The first kappa shape index (κ1) is 26.8. The third-order valence-electron chi connectivity index (χ3n) is 7.40. The summed E-state index contributed by atoms with van der Waals surface area (Å²) in [5.74, 6) is -1.88. The smallest absolute Gasteiger partial charge is 0.310 e. The van der Waals surface area contributed by atoms with Gasteiger partial charge in [-0.2, -0.15) is 0 Å². The van der Waals surface area contributed by atoms with E-state index in [0.29, 0.717) is 42.9 Å². The van der Waals surface area contributed by atoms with Gasteiger partial charge in [-0.3, -0.25) is 14.4 Å². The third kappa shape index (κ3) is 4.71. The maximum Gasteiger partial charge on any atom is 0.310 e. The molecule has 3 saturated heterocycles. The van der Waals surface area contributed by atoms with Gasteiger partial charge in [0.2, 0.25) is 5.91 Å². The first-order valence-electron chi connectivity index (χ1n) is 12.4. The number of rotatable bonds is 12. The maximum absolute atomic E-state index is 14.3. The Balaban J connectivity index is 1.70. The number of carbonyl (C=O) groups is 3. The third-order valence-corrected chi connectivity index (χ3v) is 9.60. The SMILES string of the molecule is C=CCCOC(=O)[C@@H]1[C@H]2C(=O)N(CCCCO)C(C(=O)N(CC=C)c3ccc(Cl)cc3)C23CC[C@H]1S3. The van der Waals surface area contributed by atoms with E-state index >= 15 is 0 Å². The average molecular weight is 533 g/mol. The number of likely N-dealkylation sites (tertiary alicyclic amines) is 1. The molecule has 36 heavy (non-hydrogen) atoms. The first-order valence-corrected chi connectivity index (χ1v) is 13.7. The van der Waals surface area contributed by atoms with Crippen LogP contribution in [-0.2, 0) is 19.1 Å². The van der Waals surface area contributed by atoms with E-state index in [0.717, 1.165) is 6.42 Å². The minimum Gasteiger partial charge on any atom is -0.465 e. The highest BCUT2D eigenvalue weighted by atomic mass is 35.5. The topological polar surface area (TPSA) is 87.1 Å². The highest BCUT2D eigenvalue weighted by Crippen LogP contribution is 2.66. The van der Waals surface area contributed by atoms with E-state index in [1.54, 1.807) is 58.0 Å². The van der Waals surface area contributed by atoms with Crippen molar-refractivity contribution in [2.75, 3.05) is 31.2 Å². The van der Waals surface area contributed by atoms with E-state index in [1.165, 1.54) is 0 Å². The van der Waals surface area contributed by atoms with Gasteiger partial charge in [0.15, 0.2) is 0 Å². The summed E-state index contributed by atoms with van der Waals surface area (Å²) in [6.07, 6.45) is 6.43. The minimum atomic E-state index is -0.717. The van der Waals surface area contributed by atoms with E-state index in [9.17, 15) is 19.5 Å². The largest absolute Gasteiger partial charge is 0.465 e. The molecule has 1 spiro atoms. The first-order chi connectivity index (χ1) is 17.4. The number of ether oxygens (including phenoxy) is 1. The van der Waals surface area contributed by atoms with Crippen molar-refractivity contribution in [3.8, 4) is 0 Å². The Kier molecular flexibility index (Phi) is 8.48. The molecule has 194 valence electrons. The lowest BCUT2D eigenvalue weighted by Crippen LogP contribution is -2.55. The number of aliphatic hydroxyl groups is 1. The zero-order valence-electron chi connectivity index (χ0n) is 20.3. The predicted octanol–water partition coefficient (Wildman–Crippen LogP) is 3.84. The fourth-order valence-electron chi connectivity index (χ4n) is 5.89. The lowest BCUT2D eigenvalue weighted by Gasteiger charge is -2.37. The van der Waals surface area contributed by atoms with Crippen LogP contribution in [0.25, 0.3) is 0 Å². The lowest BCUT2D eigenvalue weighted by molar-refractivity contribution is -0.154. The van der Waals surface area contributed by atoms with E-state index < -0.39 is 22.6 Å². The van der Waals surface area contributed by atoms with E-state index in [4.69, 9.17) is 16.3 Å². The summed E-state index contributed by atoms with van der Waals surface area (Å²) in [7, 11) is 0. The van der Waals surface area contributed by atoms with Gasteiger partial charge in [0.25, 0.3) is 5.91 Å². The van der Waals surface area contributed by atoms with Crippen molar-refractivity contribution in [3.05, 3.63) is 54.6 Å². The van der Waals surface area contributed by atoms with Crippen LogP contribution in [0.3, 0.4) is 0 Å². The summed E-state index contributed by atoms with van der Waals surface area (Å²) in [4.78, 5) is 44.6. The molecule has 0 radical (unpaired) electrons. The summed E-state index contributed by atoms with van der Waals surface area (Å²) in [5, 5.41) is 9.84. The second-order valence-corrected chi connectivity index (χ2v) is 11.5. The number of unbranched alkanes of at least 4 members (excludes halogenated alkanes) is 1. The fraction of sp³-hybridized carbons (Fsp3) is 0.519. The summed E-state index contributed by atoms with van der Waals surface area (Å²) in [6.45, 7) is 8.36. The Labute approximate surface area is 221 Å². The summed E-state index contributed by atoms with van der Waals surface area (Å²) in [6, 6.07) is 6.30. The van der Waals surface area contributed by atoms with Crippen molar-refractivity contribution in [1.82, 2.24) is 4.90 Å². The fourth-order valence-corrected chi connectivity index (χ4v) is 8.22. The number of hydrogen-bond donors (Lipinski definition) is 1. The van der Waals surface area contributed by atoms with E-state index in [2.05, 4.69) is 13.2 Å². The summed E-state index contributed by atoms with van der Waals surface area (Å²) in [5.41, 5.74) is 0.671. The molecule has 0 aliphatic carbocycles. The van der Waals surface area contributed by atoms with Crippen LogP contribution in [0.5, 0.6) is 0 Å². The number of fused-ring (bicyclic) bond motifs is 1. The minimum absolute atomic E-state index is 0.0116. The van der Waals surface area contributed by atoms with Crippen molar-refractivity contribution < 1.29 is 24.2 Å². The van der Waals surface area contributed by atoms with Gasteiger partial charge in [0.05, 0.1) is 23.2 Å². The second kappa shape index (κ2) is 11.4. The monoisotopic (exact) mass is 532 g/mol. The highest BCUT2D eigenvalue weighted by Gasteiger charge is 2.74. The van der Waals surface area contributed by atoms with Gasteiger partial charge < -0.3 is 19.6 Å². The average Bonchev–Trinajstić information content (AvgIpc) is 3.51. The molecule has 1 N–H and O–H groups in total. The van der Waals surface area contributed by atoms with Crippen LogP contribution in [0.15, 0.2) is 49.6 Å². The number of nitrogens with zero attached hydrogens (tertiary/aromatic N) is 2. The molecule has 2 amide bonds. The van der Waals surface area contributed by atoms with Gasteiger partial charge in [0, 0.05) is 35.7 Å². The standard InChI is InChI=1S/C27H33ClN2O5S/c1-3-5-17-35-26(34)21-20-12-13-27(36-20)22(21)24(32)30(15-6-7-16-31)23(27)25(33)29(14-4-2)19-10-8-18(28)9-11-19/h3-4,8-11,20-23,31H,1-2,5-7,12-17H2/t20-,21+,22+,23?,27?/m1/s1. The Morgan fingerprint density at radius 1 is 1.25 bits per heavy atom. The van der Waals surface area contributed by atoms with Gasteiger partial charge in [-0.05, 0) is 56.4 Å². The Bertz CT molecular complexity index is 1020. The molecule has 0 saturated carbocycles. The number of carbonyl (C=O) groups excluding carboxylic acids is 3. The van der Waals surface area contributed by atoms with Crippen molar-refractivity contribution >= 4 is 46.8 Å². The maximum atomic E-state index is 14.3. The molecular formula is C27H33ClN2O5S. The quantitative estimate of drug-likeness (QED) is 0.250. The molecule has 3 fully saturated rings. The Hall–Kier alpha value is -2.29. The van der Waals surface area contributed by atoms with Crippen LogP contribution in [0, 0.1) is 11.8 Å². The number of halogens is 1. The second-order valence-electron chi connectivity index (χ2n) is 9.48. The van der Waals surface area contributed by atoms with Gasteiger partial charge in [0.1, 0.15) is 6.04 Å². The van der Waals surface area contributed by atoms with Crippen LogP contribution >= 0.6 is 23.4 Å². The molecule has 2 bridgehead atoms. The zero-order valence-corrected chi connectivity index (χ0v) is 21.9. The number of hydrogen-bond acceptors (Lipinski definition) is 6. The molecule has 9 heteroatoms. The molecule has 1 aromatic carbocycles. The molecule has 3 heterocycles. The zero-order chi connectivity index (χ0) is 25.9. The lowest BCUT2D eigenvalue weighted by atomic mass is 9.71. The van der Waals surface area contributed by atoms with Crippen molar-refractivity contribution in [1.29, 1.82) is 0 Å².